The quantitative estimate of drug-likeness (QED) is 0.414. The van der Waals surface area contributed by atoms with Gasteiger partial charge in [-0.3, -0.25) is 4.79 Å². The van der Waals surface area contributed by atoms with Gasteiger partial charge >= 0.3 is 5.97 Å². The lowest BCUT2D eigenvalue weighted by Crippen LogP contribution is -2.22. The lowest BCUT2D eigenvalue weighted by molar-refractivity contribution is -0.119. The zero-order valence-corrected chi connectivity index (χ0v) is 17.4. The van der Waals surface area contributed by atoms with E-state index < -0.39 is 24.3 Å². The lowest BCUT2D eigenvalue weighted by Gasteiger charge is -2.09. The number of carbonyl (C=O) groups excluding carboxylic acids is 2. The summed E-state index contributed by atoms with van der Waals surface area (Å²) in [7, 11) is 0. The number of para-hydroxylation sites is 1. The monoisotopic (exact) mass is 449 g/mol. The number of hydrogen-bond donors (Lipinski definition) is 1. The summed E-state index contributed by atoms with van der Waals surface area (Å²) in [6, 6.07) is 23.9. The Balaban J connectivity index is 1.53. The molecule has 0 unspecified atom stereocenters. The molecule has 1 aromatic heterocycles. The van der Waals surface area contributed by atoms with Gasteiger partial charge in [0, 0.05) is 10.6 Å². The molecule has 0 radical (unpaired) electrons. The first-order valence-electron chi connectivity index (χ1n) is 9.64. The molecule has 32 heavy (non-hydrogen) atoms. The van der Waals surface area contributed by atoms with Gasteiger partial charge in [0.05, 0.1) is 17.1 Å². The van der Waals surface area contributed by atoms with Crippen molar-refractivity contribution in [3.8, 4) is 16.9 Å². The van der Waals surface area contributed by atoms with Crippen molar-refractivity contribution in [3.63, 3.8) is 0 Å². The van der Waals surface area contributed by atoms with Gasteiger partial charge in [0.1, 0.15) is 5.82 Å². The number of hydrogen-bond acceptors (Lipinski definition) is 4. The first kappa shape index (κ1) is 21.3. The van der Waals surface area contributed by atoms with Crippen molar-refractivity contribution >= 4 is 29.2 Å². The predicted molar refractivity (Wildman–Crippen MR) is 119 cm³/mol. The Bertz CT molecular complexity index is 1260. The van der Waals surface area contributed by atoms with Gasteiger partial charge in [0.25, 0.3) is 5.91 Å². The number of halogens is 2. The number of amides is 1. The minimum Gasteiger partial charge on any atom is -0.451 e. The molecule has 4 rings (SSSR count). The number of esters is 1. The molecule has 1 amide bonds. The van der Waals surface area contributed by atoms with E-state index in [0.29, 0.717) is 11.4 Å². The SMILES string of the molecule is O=C(COC(=O)c1cc(-c2ccccc2)nn1-c1ccccc1)Nc1ccc(Cl)cc1F. The molecule has 0 aliphatic heterocycles. The summed E-state index contributed by atoms with van der Waals surface area (Å²) in [4.78, 5) is 25.0. The number of carbonyl (C=O) groups is 2. The fourth-order valence-electron chi connectivity index (χ4n) is 3.02. The van der Waals surface area contributed by atoms with Gasteiger partial charge in [-0.25, -0.2) is 13.9 Å². The van der Waals surface area contributed by atoms with Gasteiger partial charge in [0.2, 0.25) is 0 Å². The smallest absolute Gasteiger partial charge is 0.357 e. The van der Waals surface area contributed by atoms with E-state index in [2.05, 4.69) is 10.4 Å². The molecule has 8 heteroatoms. The summed E-state index contributed by atoms with van der Waals surface area (Å²) < 4.78 is 20.5. The maximum Gasteiger partial charge on any atom is 0.357 e. The molecule has 1 heterocycles. The van der Waals surface area contributed by atoms with E-state index in [0.717, 1.165) is 11.6 Å². The van der Waals surface area contributed by atoms with Crippen molar-refractivity contribution in [1.29, 1.82) is 0 Å². The maximum absolute atomic E-state index is 13.9. The summed E-state index contributed by atoms with van der Waals surface area (Å²) >= 11 is 5.71. The zero-order chi connectivity index (χ0) is 22.5. The van der Waals surface area contributed by atoms with Crippen molar-refractivity contribution in [2.45, 2.75) is 0 Å². The summed E-state index contributed by atoms with van der Waals surface area (Å²) in [5.74, 6) is -2.12. The standard InChI is InChI=1S/C24H17ClFN3O3/c25-17-11-12-20(19(26)13-17)27-23(30)15-32-24(31)22-14-21(16-7-3-1-4-8-16)28-29(22)18-9-5-2-6-10-18/h1-14H,15H2,(H,27,30). The molecule has 0 spiro atoms. The number of rotatable bonds is 6. The Morgan fingerprint density at radius 2 is 1.66 bits per heavy atom. The van der Waals surface area contributed by atoms with E-state index in [1.54, 1.807) is 18.2 Å². The molecule has 6 nitrogen and oxygen atoms in total. The number of aromatic nitrogens is 2. The van der Waals surface area contributed by atoms with Crippen LogP contribution in [0.25, 0.3) is 16.9 Å². The highest BCUT2D eigenvalue weighted by molar-refractivity contribution is 6.30. The molecule has 0 saturated heterocycles. The topological polar surface area (TPSA) is 73.2 Å². The van der Waals surface area contributed by atoms with Crippen molar-refractivity contribution in [2.75, 3.05) is 11.9 Å². The lowest BCUT2D eigenvalue weighted by atomic mass is 10.1. The van der Waals surface area contributed by atoms with E-state index in [9.17, 15) is 14.0 Å². The van der Waals surface area contributed by atoms with Crippen LogP contribution in [0.2, 0.25) is 5.02 Å². The number of benzene rings is 3. The Labute approximate surface area is 188 Å². The fraction of sp³-hybridized carbons (Fsp3) is 0.0417. The largest absolute Gasteiger partial charge is 0.451 e. The van der Waals surface area contributed by atoms with Crippen LogP contribution in [0.15, 0.2) is 84.9 Å². The van der Waals surface area contributed by atoms with Gasteiger partial charge in [-0.1, -0.05) is 60.1 Å². The molecule has 4 aromatic rings. The fourth-order valence-corrected chi connectivity index (χ4v) is 3.18. The van der Waals surface area contributed by atoms with Crippen molar-refractivity contribution in [3.05, 3.63) is 101 Å². The van der Waals surface area contributed by atoms with Crippen LogP contribution in [-0.2, 0) is 9.53 Å². The molecule has 0 aliphatic carbocycles. The molecular weight excluding hydrogens is 433 g/mol. The van der Waals surface area contributed by atoms with Crippen molar-refractivity contribution < 1.29 is 18.7 Å². The molecule has 0 bridgehead atoms. The summed E-state index contributed by atoms with van der Waals surface area (Å²) in [5, 5.41) is 7.09. The van der Waals surface area contributed by atoms with E-state index in [1.807, 2.05) is 48.5 Å². The molecular formula is C24H17ClFN3O3. The van der Waals surface area contributed by atoms with Crippen LogP contribution in [0.3, 0.4) is 0 Å². The third-order valence-electron chi connectivity index (χ3n) is 4.53. The molecule has 0 atom stereocenters. The Morgan fingerprint density at radius 3 is 2.34 bits per heavy atom. The highest BCUT2D eigenvalue weighted by Gasteiger charge is 2.20. The number of anilines is 1. The molecule has 0 fully saturated rings. The number of ether oxygens (including phenoxy) is 1. The van der Waals surface area contributed by atoms with Crippen LogP contribution in [0.5, 0.6) is 0 Å². The average molecular weight is 450 g/mol. The molecule has 160 valence electrons. The van der Waals surface area contributed by atoms with Crippen LogP contribution < -0.4 is 5.32 Å². The summed E-state index contributed by atoms with van der Waals surface area (Å²) in [5.41, 5.74) is 2.16. The second-order valence-corrected chi connectivity index (χ2v) is 7.21. The van der Waals surface area contributed by atoms with E-state index in [4.69, 9.17) is 16.3 Å². The van der Waals surface area contributed by atoms with Crippen molar-refractivity contribution in [1.82, 2.24) is 9.78 Å². The molecule has 1 N–H and O–H groups in total. The van der Waals surface area contributed by atoms with Gasteiger partial charge in [-0.05, 0) is 36.4 Å². The first-order chi connectivity index (χ1) is 15.5. The normalized spacial score (nSPS) is 10.6. The predicted octanol–water partition coefficient (Wildman–Crippen LogP) is 5.13. The second kappa shape index (κ2) is 9.45. The van der Waals surface area contributed by atoms with Crippen LogP contribution >= 0.6 is 11.6 Å². The average Bonchev–Trinajstić information content (AvgIpc) is 3.26. The molecule has 3 aromatic carbocycles. The third-order valence-corrected chi connectivity index (χ3v) is 4.76. The molecule has 0 saturated carbocycles. The number of nitrogens with one attached hydrogen (secondary N) is 1. The highest BCUT2D eigenvalue weighted by atomic mass is 35.5. The second-order valence-electron chi connectivity index (χ2n) is 6.78. The third kappa shape index (κ3) is 4.84. The van der Waals surface area contributed by atoms with Crippen LogP contribution in [-0.4, -0.2) is 28.3 Å². The van der Waals surface area contributed by atoms with Gasteiger partial charge in [0.15, 0.2) is 12.3 Å². The Kier molecular flexibility index (Phi) is 6.28. The summed E-state index contributed by atoms with van der Waals surface area (Å²) in [6.07, 6.45) is 0. The summed E-state index contributed by atoms with van der Waals surface area (Å²) in [6.45, 7) is -0.596. The van der Waals surface area contributed by atoms with Gasteiger partial charge in [-0.2, -0.15) is 5.10 Å². The molecule has 0 aliphatic rings. The van der Waals surface area contributed by atoms with Crippen LogP contribution in [0.4, 0.5) is 10.1 Å². The van der Waals surface area contributed by atoms with Crippen molar-refractivity contribution in [2.24, 2.45) is 0 Å². The van der Waals surface area contributed by atoms with E-state index in [1.165, 1.54) is 16.8 Å². The van der Waals surface area contributed by atoms with E-state index in [-0.39, 0.29) is 16.4 Å². The minimum absolute atomic E-state index is 0.0591. The highest BCUT2D eigenvalue weighted by Crippen LogP contribution is 2.22. The van der Waals surface area contributed by atoms with Gasteiger partial charge < -0.3 is 10.1 Å². The van der Waals surface area contributed by atoms with Crippen LogP contribution in [0, 0.1) is 5.82 Å². The zero-order valence-electron chi connectivity index (χ0n) is 16.7. The van der Waals surface area contributed by atoms with Gasteiger partial charge in [-0.15, -0.1) is 0 Å². The Hall–Kier alpha value is -3.97. The first-order valence-corrected chi connectivity index (χ1v) is 10.0. The number of nitrogens with zero attached hydrogens (tertiary/aromatic N) is 2. The van der Waals surface area contributed by atoms with E-state index >= 15 is 0 Å². The maximum atomic E-state index is 13.9. The van der Waals surface area contributed by atoms with Crippen LogP contribution in [0.1, 0.15) is 10.5 Å². The Morgan fingerprint density at radius 1 is 0.969 bits per heavy atom. The minimum atomic E-state index is -0.740.